The van der Waals surface area contributed by atoms with Crippen molar-refractivity contribution in [3.8, 4) is 0 Å². The van der Waals surface area contributed by atoms with Crippen LogP contribution in [0, 0.1) is 6.92 Å². The minimum atomic E-state index is -1.46. The summed E-state index contributed by atoms with van der Waals surface area (Å²) in [4.78, 5) is 28.0. The molecule has 4 N–H and O–H groups in total. The van der Waals surface area contributed by atoms with Crippen LogP contribution >= 0.6 is 0 Å². The zero-order valence-corrected chi connectivity index (χ0v) is 14.9. The van der Waals surface area contributed by atoms with E-state index in [4.69, 9.17) is 10.5 Å². The van der Waals surface area contributed by atoms with Crippen molar-refractivity contribution in [2.24, 2.45) is 0 Å². The van der Waals surface area contributed by atoms with Crippen molar-refractivity contribution >= 4 is 23.6 Å². The predicted molar refractivity (Wildman–Crippen MR) is 93.0 cm³/mol. The summed E-state index contributed by atoms with van der Waals surface area (Å²) in [6.45, 7) is 6.37. The highest BCUT2D eigenvalue weighted by molar-refractivity contribution is 5.89. The average Bonchev–Trinajstić information content (AvgIpc) is 2.90. The van der Waals surface area contributed by atoms with Crippen LogP contribution in [-0.4, -0.2) is 42.0 Å². The van der Waals surface area contributed by atoms with Crippen LogP contribution in [0.25, 0.3) is 5.70 Å². The van der Waals surface area contributed by atoms with Gasteiger partial charge in [0.25, 0.3) is 0 Å². The van der Waals surface area contributed by atoms with Gasteiger partial charge in [-0.1, -0.05) is 13.8 Å². The SMILES string of the molecule is CC.Cc1cc(N)c2c([nH+]1)/C(=C/C1=C(C=O)COC(=O)C1O)N(C)C2. The van der Waals surface area contributed by atoms with Crippen LogP contribution in [0.15, 0.2) is 23.3 Å². The molecule has 2 aliphatic heterocycles. The highest BCUT2D eigenvalue weighted by atomic mass is 16.5. The van der Waals surface area contributed by atoms with E-state index in [0.29, 0.717) is 18.5 Å². The molecular weight excluding hydrogens is 322 g/mol. The molecule has 0 saturated carbocycles. The van der Waals surface area contributed by atoms with Crippen LogP contribution in [-0.2, 0) is 20.9 Å². The van der Waals surface area contributed by atoms with E-state index < -0.39 is 12.1 Å². The Morgan fingerprint density at radius 1 is 1.44 bits per heavy atom. The van der Waals surface area contributed by atoms with Crippen LogP contribution < -0.4 is 10.7 Å². The first kappa shape index (κ1) is 18.7. The molecule has 0 aliphatic carbocycles. The number of pyridine rings is 1. The monoisotopic (exact) mass is 346 g/mol. The van der Waals surface area contributed by atoms with Crippen molar-refractivity contribution in [2.45, 2.75) is 33.4 Å². The van der Waals surface area contributed by atoms with Gasteiger partial charge in [0.1, 0.15) is 18.6 Å². The third kappa shape index (κ3) is 3.41. The largest absolute Gasteiger partial charge is 0.459 e. The first-order valence-electron chi connectivity index (χ1n) is 8.19. The normalized spacial score (nSPS) is 20.8. The Kier molecular flexibility index (Phi) is 5.58. The zero-order valence-electron chi connectivity index (χ0n) is 14.9. The van der Waals surface area contributed by atoms with Crippen molar-refractivity contribution < 1.29 is 24.4 Å². The van der Waals surface area contributed by atoms with Gasteiger partial charge in [-0.25, -0.2) is 9.78 Å². The number of cyclic esters (lactones) is 1. The van der Waals surface area contributed by atoms with Gasteiger partial charge in [0.2, 0.25) is 5.69 Å². The number of aromatic amines is 1. The fraction of sp³-hybridized carbons (Fsp3) is 0.389. The van der Waals surface area contributed by atoms with Gasteiger partial charge >= 0.3 is 5.97 Å². The van der Waals surface area contributed by atoms with Gasteiger partial charge < -0.3 is 20.5 Å². The fourth-order valence-corrected chi connectivity index (χ4v) is 2.89. The summed E-state index contributed by atoms with van der Waals surface area (Å²) >= 11 is 0. The number of esters is 1. The summed E-state index contributed by atoms with van der Waals surface area (Å²) < 4.78 is 4.77. The molecule has 1 unspecified atom stereocenters. The summed E-state index contributed by atoms with van der Waals surface area (Å²) in [6, 6.07) is 1.86. The second-order valence-corrected chi connectivity index (χ2v) is 5.76. The fourth-order valence-electron chi connectivity index (χ4n) is 2.89. The topological polar surface area (TPSA) is 107 Å². The van der Waals surface area contributed by atoms with Gasteiger partial charge in [0, 0.05) is 36.9 Å². The summed E-state index contributed by atoms with van der Waals surface area (Å²) in [5.41, 5.74) is 10.7. The number of nitrogens with two attached hydrogens (primary N) is 1. The van der Waals surface area contributed by atoms with Crippen LogP contribution in [0.4, 0.5) is 5.69 Å². The molecule has 0 spiro atoms. The number of hydrogen-bond donors (Lipinski definition) is 2. The second kappa shape index (κ2) is 7.48. The van der Waals surface area contributed by atoms with Crippen molar-refractivity contribution in [1.29, 1.82) is 0 Å². The molecule has 1 atom stereocenters. The Bertz CT molecular complexity index is 768. The number of aromatic nitrogens is 1. The number of rotatable bonds is 2. The standard InChI is InChI=1S/C16H17N3O4.C2H6/c1-8-3-12(17)11-5-19(2)13(14(11)18-8)4-10-9(6-20)7-23-16(22)15(10)21;1-2/h3-4,6,15,21H,5,7H2,1-2H3,(H2,17,18);1-2H3/p+1/b13-4-;. The lowest BCUT2D eigenvalue weighted by atomic mass is 9.99. The van der Waals surface area contributed by atoms with Crippen LogP contribution in [0.3, 0.4) is 0 Å². The summed E-state index contributed by atoms with van der Waals surface area (Å²) in [7, 11) is 1.88. The molecule has 0 bridgehead atoms. The van der Waals surface area contributed by atoms with Crippen molar-refractivity contribution in [3.63, 3.8) is 0 Å². The number of aliphatic hydroxyl groups is 1. The van der Waals surface area contributed by atoms with E-state index in [9.17, 15) is 14.7 Å². The molecule has 1 aromatic rings. The van der Waals surface area contributed by atoms with Crippen molar-refractivity contribution in [3.05, 3.63) is 40.2 Å². The first-order chi connectivity index (χ1) is 11.9. The second-order valence-electron chi connectivity index (χ2n) is 5.76. The third-order valence-corrected chi connectivity index (χ3v) is 4.10. The number of nitrogen functional groups attached to an aromatic ring is 1. The molecule has 7 nitrogen and oxygen atoms in total. The molecule has 1 aromatic heterocycles. The molecule has 25 heavy (non-hydrogen) atoms. The molecule has 0 fully saturated rings. The molecule has 3 heterocycles. The molecular formula is C18H24N3O4+. The number of aryl methyl sites for hydroxylation is 1. The summed E-state index contributed by atoms with van der Waals surface area (Å²) in [5.74, 6) is -0.754. The molecule has 0 radical (unpaired) electrons. The predicted octanol–water partition coefficient (Wildman–Crippen LogP) is 0.617. The first-order valence-corrected chi connectivity index (χ1v) is 8.19. The van der Waals surface area contributed by atoms with E-state index in [1.165, 1.54) is 0 Å². The maximum Gasteiger partial charge on any atom is 0.340 e. The Labute approximate surface area is 146 Å². The van der Waals surface area contributed by atoms with Gasteiger partial charge in [0.05, 0.1) is 12.1 Å². The molecule has 0 amide bonds. The minimum absolute atomic E-state index is 0.130. The number of aliphatic hydroxyl groups excluding tert-OH is 1. The van der Waals surface area contributed by atoms with E-state index in [1.54, 1.807) is 6.08 Å². The molecule has 7 heteroatoms. The number of aldehydes is 1. The van der Waals surface area contributed by atoms with Gasteiger partial charge in [0.15, 0.2) is 11.8 Å². The van der Waals surface area contributed by atoms with Crippen molar-refractivity contribution in [1.82, 2.24) is 4.90 Å². The van der Waals surface area contributed by atoms with Crippen LogP contribution in [0.5, 0.6) is 0 Å². The lowest BCUT2D eigenvalue weighted by Gasteiger charge is -2.21. The number of carbonyl (C=O) groups is 2. The summed E-state index contributed by atoms with van der Waals surface area (Å²) in [6.07, 6.45) is 0.790. The van der Waals surface area contributed by atoms with Gasteiger partial charge in [-0.05, 0) is 6.08 Å². The highest BCUT2D eigenvalue weighted by Gasteiger charge is 2.34. The molecule has 134 valence electrons. The molecule has 0 aromatic carbocycles. The maximum atomic E-state index is 11.6. The Morgan fingerprint density at radius 3 is 2.76 bits per heavy atom. The molecule has 0 saturated heterocycles. The molecule has 2 aliphatic rings. The van der Waals surface area contributed by atoms with E-state index in [2.05, 4.69) is 4.98 Å². The number of ether oxygens (including phenoxy) is 1. The summed E-state index contributed by atoms with van der Waals surface area (Å²) in [5, 5.41) is 10.1. The Morgan fingerprint density at radius 2 is 2.12 bits per heavy atom. The Hall–Kier alpha value is -2.67. The average molecular weight is 346 g/mol. The quantitative estimate of drug-likeness (QED) is 0.600. The number of nitrogens with zero attached hydrogens (tertiary/aromatic N) is 1. The van der Waals surface area contributed by atoms with Crippen LogP contribution in [0.1, 0.15) is 30.8 Å². The maximum absolute atomic E-state index is 11.6. The van der Waals surface area contributed by atoms with Gasteiger partial charge in [-0.15, -0.1) is 0 Å². The number of H-pyrrole nitrogens is 1. The van der Waals surface area contributed by atoms with Gasteiger partial charge in [-0.3, -0.25) is 4.79 Å². The van der Waals surface area contributed by atoms with E-state index in [-0.39, 0.29) is 17.8 Å². The van der Waals surface area contributed by atoms with Crippen LogP contribution in [0.2, 0.25) is 0 Å². The minimum Gasteiger partial charge on any atom is -0.459 e. The number of anilines is 1. The van der Waals surface area contributed by atoms with E-state index >= 15 is 0 Å². The third-order valence-electron chi connectivity index (χ3n) is 4.10. The number of nitrogens with one attached hydrogen (secondary N) is 1. The lowest BCUT2D eigenvalue weighted by Crippen LogP contribution is -2.32. The van der Waals surface area contributed by atoms with E-state index in [1.807, 2.05) is 38.8 Å². The van der Waals surface area contributed by atoms with E-state index in [0.717, 1.165) is 22.6 Å². The zero-order chi connectivity index (χ0) is 18.7. The number of hydrogen-bond acceptors (Lipinski definition) is 6. The number of carbonyl (C=O) groups excluding carboxylic acids is 2. The highest BCUT2D eigenvalue weighted by Crippen LogP contribution is 2.34. The van der Waals surface area contributed by atoms with Gasteiger partial charge in [-0.2, -0.15) is 0 Å². The lowest BCUT2D eigenvalue weighted by molar-refractivity contribution is -0.391. The molecule has 3 rings (SSSR count). The van der Waals surface area contributed by atoms with Crippen molar-refractivity contribution in [2.75, 3.05) is 19.4 Å². The Balaban J connectivity index is 0.00000109. The smallest absolute Gasteiger partial charge is 0.340 e. The number of fused-ring (bicyclic) bond motifs is 1.